The first-order valence-electron chi connectivity index (χ1n) is 9.52. The molecule has 0 aliphatic carbocycles. The minimum atomic E-state index is -0.388. The Balaban J connectivity index is 1.54. The average Bonchev–Trinajstić information content (AvgIpc) is 3.22. The molecule has 1 amide bonds. The zero-order chi connectivity index (χ0) is 21.6. The zero-order valence-electron chi connectivity index (χ0n) is 16.3. The van der Waals surface area contributed by atoms with Crippen LogP contribution in [-0.2, 0) is 11.3 Å². The first-order chi connectivity index (χ1) is 15.1. The molecule has 0 bridgehead atoms. The Morgan fingerprint density at radius 3 is 2.45 bits per heavy atom. The van der Waals surface area contributed by atoms with Gasteiger partial charge in [0.2, 0.25) is 5.91 Å². The quantitative estimate of drug-likeness (QED) is 0.395. The van der Waals surface area contributed by atoms with Gasteiger partial charge < -0.3 is 5.32 Å². The van der Waals surface area contributed by atoms with Gasteiger partial charge in [-0.2, -0.15) is 0 Å². The van der Waals surface area contributed by atoms with Gasteiger partial charge in [0.05, 0.1) is 11.3 Å². The Morgan fingerprint density at radius 1 is 0.968 bits per heavy atom. The average molecular weight is 453 g/mol. The number of nitrogens with zero attached hydrogens (tertiary/aromatic N) is 3. The van der Waals surface area contributed by atoms with Gasteiger partial charge in [-0.15, -0.1) is 10.2 Å². The molecule has 4 rings (SSSR count). The highest BCUT2D eigenvalue weighted by Crippen LogP contribution is 2.29. The van der Waals surface area contributed by atoms with E-state index in [4.69, 9.17) is 11.6 Å². The number of halogens is 2. The van der Waals surface area contributed by atoms with Crippen molar-refractivity contribution in [1.29, 1.82) is 0 Å². The maximum absolute atomic E-state index is 14.4. The molecule has 0 saturated carbocycles. The fourth-order valence-corrected chi connectivity index (χ4v) is 3.99. The van der Waals surface area contributed by atoms with E-state index < -0.39 is 0 Å². The van der Waals surface area contributed by atoms with Crippen molar-refractivity contribution in [2.75, 3.05) is 5.75 Å². The summed E-state index contributed by atoms with van der Waals surface area (Å²) in [7, 11) is 0. The van der Waals surface area contributed by atoms with Crippen molar-refractivity contribution in [3.05, 3.63) is 95.3 Å². The van der Waals surface area contributed by atoms with Gasteiger partial charge in [-0.25, -0.2) is 4.39 Å². The molecule has 1 heterocycles. The Labute approximate surface area is 188 Å². The Hall–Kier alpha value is -3.16. The van der Waals surface area contributed by atoms with Crippen molar-refractivity contribution < 1.29 is 9.18 Å². The molecule has 8 heteroatoms. The molecule has 0 aliphatic heterocycles. The molecule has 31 heavy (non-hydrogen) atoms. The van der Waals surface area contributed by atoms with Crippen LogP contribution < -0.4 is 5.32 Å². The number of rotatable bonds is 7. The number of carbonyl (C=O) groups excluding carboxylic acids is 1. The molecule has 4 aromatic rings. The molecular weight excluding hydrogens is 435 g/mol. The predicted octanol–water partition coefficient (Wildman–Crippen LogP) is 5.14. The maximum atomic E-state index is 14.4. The fraction of sp³-hybridized carbons (Fsp3) is 0.0870. The third kappa shape index (κ3) is 4.95. The number of hydrogen-bond donors (Lipinski definition) is 1. The van der Waals surface area contributed by atoms with Crippen molar-refractivity contribution in [2.24, 2.45) is 0 Å². The maximum Gasteiger partial charge on any atom is 0.230 e. The summed E-state index contributed by atoms with van der Waals surface area (Å²) in [6, 6.07) is 23.2. The predicted molar refractivity (Wildman–Crippen MR) is 121 cm³/mol. The van der Waals surface area contributed by atoms with Gasteiger partial charge >= 0.3 is 0 Å². The van der Waals surface area contributed by atoms with Crippen molar-refractivity contribution in [1.82, 2.24) is 20.1 Å². The van der Waals surface area contributed by atoms with Crippen LogP contribution in [0.3, 0.4) is 0 Å². The summed E-state index contributed by atoms with van der Waals surface area (Å²) in [5.74, 6) is -0.0449. The van der Waals surface area contributed by atoms with Crippen LogP contribution in [0.2, 0.25) is 5.02 Å². The number of thioether (sulfide) groups is 1. The van der Waals surface area contributed by atoms with Crippen LogP contribution in [0.5, 0.6) is 0 Å². The summed E-state index contributed by atoms with van der Waals surface area (Å²) in [6.07, 6.45) is 0. The number of carbonyl (C=O) groups is 1. The number of para-hydroxylation sites is 1. The van der Waals surface area contributed by atoms with Gasteiger partial charge in [0.15, 0.2) is 11.0 Å². The largest absolute Gasteiger partial charge is 0.351 e. The van der Waals surface area contributed by atoms with Gasteiger partial charge in [-0.3, -0.25) is 9.36 Å². The summed E-state index contributed by atoms with van der Waals surface area (Å²) in [6.45, 7) is 0.338. The van der Waals surface area contributed by atoms with Gasteiger partial charge in [-0.05, 0) is 35.9 Å². The molecule has 156 valence electrons. The third-order valence-electron chi connectivity index (χ3n) is 4.53. The van der Waals surface area contributed by atoms with Crippen molar-refractivity contribution in [2.45, 2.75) is 11.7 Å². The van der Waals surface area contributed by atoms with E-state index >= 15 is 0 Å². The van der Waals surface area contributed by atoms with E-state index in [-0.39, 0.29) is 17.5 Å². The number of benzene rings is 3. The molecule has 0 spiro atoms. The van der Waals surface area contributed by atoms with E-state index in [1.165, 1.54) is 17.8 Å². The second-order valence-corrected chi connectivity index (χ2v) is 7.96. The summed E-state index contributed by atoms with van der Waals surface area (Å²) < 4.78 is 16.2. The van der Waals surface area contributed by atoms with E-state index in [0.29, 0.717) is 28.1 Å². The zero-order valence-corrected chi connectivity index (χ0v) is 17.9. The molecule has 0 atom stereocenters. The van der Waals surface area contributed by atoms with Gasteiger partial charge in [-0.1, -0.05) is 71.9 Å². The SMILES string of the molecule is O=C(CSc1nnc(-c2ccccc2F)n1-c1ccccc1)NCc1ccccc1Cl. The first kappa shape index (κ1) is 21.1. The van der Waals surface area contributed by atoms with Crippen LogP contribution in [0.15, 0.2) is 84.0 Å². The number of hydrogen-bond acceptors (Lipinski definition) is 4. The molecule has 0 saturated heterocycles. The summed E-state index contributed by atoms with van der Waals surface area (Å²) in [4.78, 5) is 12.4. The highest BCUT2D eigenvalue weighted by Gasteiger charge is 2.19. The molecule has 3 aromatic carbocycles. The Bertz CT molecular complexity index is 1200. The van der Waals surface area contributed by atoms with Gasteiger partial charge in [0.1, 0.15) is 5.82 Å². The molecular formula is C23H18ClFN4OS. The lowest BCUT2D eigenvalue weighted by molar-refractivity contribution is -0.118. The normalized spacial score (nSPS) is 10.8. The molecule has 0 fully saturated rings. The topological polar surface area (TPSA) is 59.8 Å². The lowest BCUT2D eigenvalue weighted by Gasteiger charge is -2.11. The lowest BCUT2D eigenvalue weighted by atomic mass is 10.2. The number of amides is 1. The van der Waals surface area contributed by atoms with E-state index in [1.54, 1.807) is 28.8 Å². The summed E-state index contributed by atoms with van der Waals surface area (Å²) in [5, 5.41) is 12.4. The minimum absolute atomic E-state index is 0.132. The Kier molecular flexibility index (Phi) is 6.64. The highest BCUT2D eigenvalue weighted by molar-refractivity contribution is 7.99. The van der Waals surface area contributed by atoms with Crippen LogP contribution in [0.4, 0.5) is 4.39 Å². The molecule has 0 radical (unpaired) electrons. The number of nitrogens with one attached hydrogen (secondary N) is 1. The molecule has 0 aliphatic rings. The monoisotopic (exact) mass is 452 g/mol. The van der Waals surface area contributed by atoms with Crippen LogP contribution in [0, 0.1) is 5.82 Å². The van der Waals surface area contributed by atoms with Crippen molar-refractivity contribution >= 4 is 29.3 Å². The second-order valence-electron chi connectivity index (χ2n) is 6.61. The molecule has 5 nitrogen and oxygen atoms in total. The molecule has 1 N–H and O–H groups in total. The lowest BCUT2D eigenvalue weighted by Crippen LogP contribution is -2.24. The van der Waals surface area contributed by atoms with Crippen molar-refractivity contribution in [3.63, 3.8) is 0 Å². The van der Waals surface area contributed by atoms with Gasteiger partial charge in [0.25, 0.3) is 0 Å². The first-order valence-corrected chi connectivity index (χ1v) is 10.9. The third-order valence-corrected chi connectivity index (χ3v) is 5.83. The van der Waals surface area contributed by atoms with Crippen LogP contribution in [0.25, 0.3) is 17.1 Å². The van der Waals surface area contributed by atoms with E-state index in [2.05, 4.69) is 15.5 Å². The molecule has 1 aromatic heterocycles. The molecule has 0 unspecified atom stereocenters. The van der Waals surface area contributed by atoms with Gasteiger partial charge in [0, 0.05) is 17.3 Å². The van der Waals surface area contributed by atoms with Crippen LogP contribution in [-0.4, -0.2) is 26.4 Å². The Morgan fingerprint density at radius 2 is 1.68 bits per heavy atom. The van der Waals surface area contributed by atoms with E-state index in [1.807, 2.05) is 48.5 Å². The second kappa shape index (κ2) is 9.76. The van der Waals surface area contributed by atoms with E-state index in [0.717, 1.165) is 11.3 Å². The highest BCUT2D eigenvalue weighted by atomic mass is 35.5. The fourth-order valence-electron chi connectivity index (χ4n) is 3.01. The summed E-state index contributed by atoms with van der Waals surface area (Å²) >= 11 is 7.37. The summed E-state index contributed by atoms with van der Waals surface area (Å²) in [5.41, 5.74) is 1.97. The van der Waals surface area contributed by atoms with Crippen molar-refractivity contribution in [3.8, 4) is 17.1 Å². The minimum Gasteiger partial charge on any atom is -0.351 e. The van der Waals surface area contributed by atoms with Crippen LogP contribution >= 0.6 is 23.4 Å². The number of aromatic nitrogens is 3. The smallest absolute Gasteiger partial charge is 0.230 e. The van der Waals surface area contributed by atoms with Crippen LogP contribution in [0.1, 0.15) is 5.56 Å². The van der Waals surface area contributed by atoms with E-state index in [9.17, 15) is 9.18 Å². The standard InChI is InChI=1S/C23H18ClFN4OS/c24-19-12-6-4-8-16(19)14-26-21(30)15-31-23-28-27-22(18-11-5-7-13-20(18)25)29(23)17-9-2-1-3-10-17/h1-13H,14-15H2,(H,26,30).